The van der Waals surface area contributed by atoms with Gasteiger partial charge in [-0.1, -0.05) is 6.92 Å². The molecule has 1 heterocycles. The van der Waals surface area contributed by atoms with E-state index in [1.807, 2.05) is 0 Å². The highest BCUT2D eigenvalue weighted by molar-refractivity contribution is 7.18. The van der Waals surface area contributed by atoms with E-state index in [0.29, 0.717) is 5.88 Å². The molecule has 74 valence electrons. The quantitative estimate of drug-likeness (QED) is 0.611. The number of nitrogen functional groups attached to an aromatic ring is 1. The van der Waals surface area contributed by atoms with Crippen molar-refractivity contribution in [1.29, 1.82) is 0 Å². The molecule has 0 aliphatic rings. The number of hydrogen-bond donors (Lipinski definition) is 1. The van der Waals surface area contributed by atoms with Crippen LogP contribution in [0.2, 0.25) is 0 Å². The van der Waals surface area contributed by atoms with Crippen LogP contribution in [0.25, 0.3) is 10.1 Å². The number of alkyl halides is 1. The Labute approximate surface area is 92.5 Å². The second kappa shape index (κ2) is 3.79. The summed E-state index contributed by atoms with van der Waals surface area (Å²) in [5.74, 6) is 0.562. The van der Waals surface area contributed by atoms with Crippen LogP contribution >= 0.6 is 22.9 Å². The summed E-state index contributed by atoms with van der Waals surface area (Å²) in [6.07, 6.45) is 1.01. The third kappa shape index (κ3) is 1.49. The summed E-state index contributed by atoms with van der Waals surface area (Å²) in [6, 6.07) is 4.25. The van der Waals surface area contributed by atoms with Crippen molar-refractivity contribution >= 4 is 38.7 Å². The maximum absolute atomic E-state index is 5.97. The van der Waals surface area contributed by atoms with E-state index in [-0.39, 0.29) is 0 Å². The summed E-state index contributed by atoms with van der Waals surface area (Å²) in [5.41, 5.74) is 9.31. The number of halogens is 1. The van der Waals surface area contributed by atoms with Gasteiger partial charge >= 0.3 is 0 Å². The van der Waals surface area contributed by atoms with Crippen LogP contribution in [0.1, 0.15) is 18.1 Å². The monoisotopic (exact) mass is 225 g/mol. The second-order valence-corrected chi connectivity index (χ2v) is 4.46. The Morgan fingerprint density at radius 2 is 2.21 bits per heavy atom. The average molecular weight is 226 g/mol. The zero-order valence-corrected chi connectivity index (χ0v) is 9.58. The Morgan fingerprint density at radius 1 is 1.43 bits per heavy atom. The molecular weight excluding hydrogens is 214 g/mol. The zero-order valence-electron chi connectivity index (χ0n) is 8.01. The van der Waals surface area contributed by atoms with E-state index >= 15 is 0 Å². The largest absolute Gasteiger partial charge is 0.398 e. The van der Waals surface area contributed by atoms with Gasteiger partial charge in [0.25, 0.3) is 0 Å². The molecule has 0 saturated carbocycles. The highest BCUT2D eigenvalue weighted by Crippen LogP contribution is 2.32. The van der Waals surface area contributed by atoms with E-state index in [1.54, 1.807) is 11.3 Å². The van der Waals surface area contributed by atoms with Crippen molar-refractivity contribution < 1.29 is 0 Å². The van der Waals surface area contributed by atoms with Crippen LogP contribution in [0, 0.1) is 0 Å². The van der Waals surface area contributed by atoms with Gasteiger partial charge in [-0.25, -0.2) is 0 Å². The molecule has 3 heteroatoms. The van der Waals surface area contributed by atoms with Gasteiger partial charge in [0.2, 0.25) is 0 Å². The molecule has 0 radical (unpaired) electrons. The zero-order chi connectivity index (χ0) is 10.1. The van der Waals surface area contributed by atoms with Gasteiger partial charge in [0.05, 0.1) is 4.70 Å². The molecule has 2 rings (SSSR count). The number of anilines is 1. The fraction of sp³-hybridized carbons (Fsp3) is 0.273. The normalized spacial score (nSPS) is 11.0. The first-order valence-electron chi connectivity index (χ1n) is 4.60. The third-order valence-corrected chi connectivity index (χ3v) is 3.78. The highest BCUT2D eigenvalue weighted by atomic mass is 35.5. The predicted octanol–water partition coefficient (Wildman–Crippen LogP) is 3.78. The Hall–Kier alpha value is -0.730. The minimum atomic E-state index is 0.562. The topological polar surface area (TPSA) is 26.0 Å². The number of thiophene rings is 1. The molecule has 0 saturated heterocycles. The van der Waals surface area contributed by atoms with Crippen LogP contribution < -0.4 is 5.73 Å². The van der Waals surface area contributed by atoms with Gasteiger partial charge in [0, 0.05) is 11.6 Å². The van der Waals surface area contributed by atoms with Crippen LogP contribution in [0.3, 0.4) is 0 Å². The van der Waals surface area contributed by atoms with Gasteiger partial charge in [-0.15, -0.1) is 22.9 Å². The molecule has 2 N–H and O–H groups in total. The molecule has 14 heavy (non-hydrogen) atoms. The van der Waals surface area contributed by atoms with Gasteiger partial charge in [-0.05, 0) is 40.4 Å². The Kier molecular flexibility index (Phi) is 2.66. The summed E-state index contributed by atoms with van der Waals surface area (Å²) in [7, 11) is 0. The van der Waals surface area contributed by atoms with Crippen LogP contribution in [0.15, 0.2) is 17.5 Å². The smallest absolute Gasteiger partial charge is 0.0575 e. The SMILES string of the molecule is CCc1cc(N)c2scc(CCl)c2c1. The third-order valence-electron chi connectivity index (χ3n) is 2.39. The second-order valence-electron chi connectivity index (χ2n) is 3.31. The van der Waals surface area contributed by atoms with Crippen molar-refractivity contribution in [2.24, 2.45) is 0 Å². The van der Waals surface area contributed by atoms with E-state index in [9.17, 15) is 0 Å². The van der Waals surface area contributed by atoms with Crippen molar-refractivity contribution in [2.75, 3.05) is 5.73 Å². The summed E-state index contributed by atoms with van der Waals surface area (Å²) in [6.45, 7) is 2.13. The van der Waals surface area contributed by atoms with Gasteiger partial charge in [-0.2, -0.15) is 0 Å². The highest BCUT2D eigenvalue weighted by Gasteiger charge is 2.07. The van der Waals surface area contributed by atoms with Gasteiger partial charge in [-0.3, -0.25) is 0 Å². The van der Waals surface area contributed by atoms with Crippen molar-refractivity contribution in [3.8, 4) is 0 Å². The minimum absolute atomic E-state index is 0.562. The Morgan fingerprint density at radius 3 is 2.86 bits per heavy atom. The number of benzene rings is 1. The summed E-state index contributed by atoms with van der Waals surface area (Å²) >= 11 is 7.54. The lowest BCUT2D eigenvalue weighted by molar-refractivity contribution is 1.15. The fourth-order valence-electron chi connectivity index (χ4n) is 1.58. The lowest BCUT2D eigenvalue weighted by atomic mass is 10.1. The first-order chi connectivity index (χ1) is 6.76. The molecule has 0 bridgehead atoms. The van der Waals surface area contributed by atoms with Crippen LogP contribution in [0.5, 0.6) is 0 Å². The molecule has 0 spiro atoms. The molecule has 2 aromatic rings. The van der Waals surface area contributed by atoms with Crippen molar-refractivity contribution in [3.05, 3.63) is 28.6 Å². The predicted molar refractivity (Wildman–Crippen MR) is 65.2 cm³/mol. The molecule has 0 aliphatic carbocycles. The summed E-state index contributed by atoms with van der Waals surface area (Å²) in [5, 5.41) is 3.31. The van der Waals surface area contributed by atoms with E-state index in [1.165, 1.54) is 16.5 Å². The summed E-state index contributed by atoms with van der Waals surface area (Å²) < 4.78 is 1.16. The van der Waals surface area contributed by atoms with Gasteiger partial charge in [0.15, 0.2) is 0 Å². The lowest BCUT2D eigenvalue weighted by Crippen LogP contribution is -1.88. The Bertz CT molecular complexity index is 462. The molecule has 0 amide bonds. The van der Waals surface area contributed by atoms with Crippen molar-refractivity contribution in [1.82, 2.24) is 0 Å². The van der Waals surface area contributed by atoms with E-state index in [2.05, 4.69) is 24.4 Å². The van der Waals surface area contributed by atoms with Crippen LogP contribution in [-0.2, 0) is 12.3 Å². The molecule has 0 unspecified atom stereocenters. The standard InChI is InChI=1S/C11H12ClNS/c1-2-7-3-9-8(5-12)6-14-11(9)10(13)4-7/h3-4,6H,2,5,13H2,1H3. The number of fused-ring (bicyclic) bond motifs is 1. The molecule has 1 aromatic heterocycles. The fourth-order valence-corrected chi connectivity index (χ4v) is 2.88. The minimum Gasteiger partial charge on any atom is -0.398 e. The van der Waals surface area contributed by atoms with Gasteiger partial charge in [0.1, 0.15) is 0 Å². The first-order valence-corrected chi connectivity index (χ1v) is 6.02. The first kappa shape index (κ1) is 9.81. The number of rotatable bonds is 2. The molecule has 0 aliphatic heterocycles. The van der Waals surface area contributed by atoms with Crippen LogP contribution in [-0.4, -0.2) is 0 Å². The summed E-state index contributed by atoms with van der Waals surface area (Å²) in [4.78, 5) is 0. The van der Waals surface area contributed by atoms with E-state index < -0.39 is 0 Å². The van der Waals surface area contributed by atoms with Crippen molar-refractivity contribution in [3.63, 3.8) is 0 Å². The maximum Gasteiger partial charge on any atom is 0.0575 e. The Balaban J connectivity index is 2.73. The average Bonchev–Trinajstić information content (AvgIpc) is 2.61. The molecule has 0 fully saturated rings. The van der Waals surface area contributed by atoms with Crippen LogP contribution in [0.4, 0.5) is 5.69 Å². The number of nitrogens with two attached hydrogens (primary N) is 1. The van der Waals surface area contributed by atoms with E-state index in [4.69, 9.17) is 17.3 Å². The molecular formula is C11H12ClNS. The van der Waals surface area contributed by atoms with Crippen molar-refractivity contribution in [2.45, 2.75) is 19.2 Å². The number of aryl methyl sites for hydroxylation is 1. The maximum atomic E-state index is 5.97. The number of hydrogen-bond acceptors (Lipinski definition) is 2. The lowest BCUT2D eigenvalue weighted by Gasteiger charge is -2.02. The molecule has 1 nitrogen and oxygen atoms in total. The van der Waals surface area contributed by atoms with E-state index in [0.717, 1.165) is 16.8 Å². The molecule has 1 aromatic carbocycles. The van der Waals surface area contributed by atoms with Gasteiger partial charge < -0.3 is 5.73 Å². The molecule has 0 atom stereocenters.